The zero-order valence-corrected chi connectivity index (χ0v) is 11.8. The van der Waals surface area contributed by atoms with Gasteiger partial charge in [0.05, 0.1) is 12.1 Å². The van der Waals surface area contributed by atoms with Gasteiger partial charge in [-0.15, -0.1) is 0 Å². The molecule has 2 atom stereocenters. The number of hydrogen-bond acceptors (Lipinski definition) is 2. The normalized spacial score (nSPS) is 14.5. The van der Waals surface area contributed by atoms with E-state index in [2.05, 4.69) is 49.4 Å². The molecule has 0 bridgehead atoms. The molecule has 0 aliphatic heterocycles. The van der Waals surface area contributed by atoms with Gasteiger partial charge >= 0.3 is 0 Å². The molecule has 0 aromatic heterocycles. The highest BCUT2D eigenvalue weighted by molar-refractivity contribution is 5.86. The zero-order valence-electron chi connectivity index (χ0n) is 11.8. The van der Waals surface area contributed by atoms with Gasteiger partial charge in [0.2, 0.25) is 0 Å². The summed E-state index contributed by atoms with van der Waals surface area (Å²) < 4.78 is 5.82. The summed E-state index contributed by atoms with van der Waals surface area (Å²) in [5.74, 6) is 0. The molecule has 0 radical (unpaired) electrons. The fourth-order valence-electron chi connectivity index (χ4n) is 2.61. The Morgan fingerprint density at radius 1 is 1.05 bits per heavy atom. The molecule has 0 saturated carbocycles. The molecule has 0 amide bonds. The molecule has 102 valence electrons. The third kappa shape index (κ3) is 3.14. The number of nitrogens with two attached hydrogens (primary N) is 1. The smallest absolute Gasteiger partial charge is 0.0767 e. The number of benzene rings is 2. The zero-order chi connectivity index (χ0) is 13.7. The maximum Gasteiger partial charge on any atom is 0.0767 e. The molecule has 0 aliphatic rings. The highest BCUT2D eigenvalue weighted by atomic mass is 16.5. The third-order valence-electron chi connectivity index (χ3n) is 3.54. The maximum atomic E-state index is 6.45. The fraction of sp³-hybridized carbons (Fsp3) is 0.412. The van der Waals surface area contributed by atoms with Crippen LogP contribution in [0.3, 0.4) is 0 Å². The largest absolute Gasteiger partial charge is 0.377 e. The van der Waals surface area contributed by atoms with Crippen molar-refractivity contribution in [3.63, 3.8) is 0 Å². The van der Waals surface area contributed by atoms with Crippen LogP contribution in [0.4, 0.5) is 0 Å². The average molecular weight is 257 g/mol. The second-order valence-electron chi connectivity index (χ2n) is 4.88. The topological polar surface area (TPSA) is 35.2 Å². The van der Waals surface area contributed by atoms with Crippen LogP contribution in [0.1, 0.15) is 38.3 Å². The molecule has 2 aromatic rings. The average Bonchev–Trinajstić information content (AvgIpc) is 2.46. The van der Waals surface area contributed by atoms with Crippen molar-refractivity contribution < 1.29 is 4.74 Å². The van der Waals surface area contributed by atoms with Gasteiger partial charge in [0, 0.05) is 6.61 Å². The highest BCUT2D eigenvalue weighted by Gasteiger charge is 2.20. The lowest BCUT2D eigenvalue weighted by Crippen LogP contribution is -2.29. The van der Waals surface area contributed by atoms with E-state index in [4.69, 9.17) is 10.5 Å². The Balaban J connectivity index is 2.36. The monoisotopic (exact) mass is 257 g/mol. The van der Waals surface area contributed by atoms with Gasteiger partial charge in [0.15, 0.2) is 0 Å². The minimum atomic E-state index is -0.0639. The molecule has 0 saturated heterocycles. The van der Waals surface area contributed by atoms with Crippen LogP contribution < -0.4 is 5.73 Å². The van der Waals surface area contributed by atoms with Crippen LogP contribution >= 0.6 is 0 Å². The molecule has 2 aromatic carbocycles. The fourth-order valence-corrected chi connectivity index (χ4v) is 2.61. The van der Waals surface area contributed by atoms with Crippen LogP contribution in [0.2, 0.25) is 0 Å². The lowest BCUT2D eigenvalue weighted by molar-refractivity contribution is 0.0377. The minimum absolute atomic E-state index is 0.0639. The number of hydrogen-bond donors (Lipinski definition) is 1. The van der Waals surface area contributed by atoms with Gasteiger partial charge in [0.25, 0.3) is 0 Å². The molecule has 2 nitrogen and oxygen atoms in total. The molecule has 2 N–H and O–H groups in total. The van der Waals surface area contributed by atoms with E-state index in [9.17, 15) is 0 Å². The van der Waals surface area contributed by atoms with Crippen molar-refractivity contribution in [1.29, 1.82) is 0 Å². The number of fused-ring (bicyclic) bond motifs is 1. The van der Waals surface area contributed by atoms with E-state index in [1.165, 1.54) is 16.3 Å². The quantitative estimate of drug-likeness (QED) is 0.847. The summed E-state index contributed by atoms with van der Waals surface area (Å²) in [6, 6.07) is 14.6. The van der Waals surface area contributed by atoms with Crippen LogP contribution in [0, 0.1) is 0 Å². The first-order chi connectivity index (χ1) is 9.27. The Bertz CT molecular complexity index is 512. The molecular formula is C17H23NO. The van der Waals surface area contributed by atoms with Gasteiger partial charge in [-0.05, 0) is 29.7 Å². The minimum Gasteiger partial charge on any atom is -0.377 e. The van der Waals surface area contributed by atoms with E-state index in [1.54, 1.807) is 0 Å². The predicted octanol–water partition coefficient (Wildman–Crippen LogP) is 4.04. The third-order valence-corrected chi connectivity index (χ3v) is 3.54. The number of rotatable bonds is 6. The van der Waals surface area contributed by atoms with Gasteiger partial charge in [-0.1, -0.05) is 55.8 Å². The Morgan fingerprint density at radius 2 is 1.79 bits per heavy atom. The van der Waals surface area contributed by atoms with Crippen LogP contribution in [-0.2, 0) is 4.74 Å². The van der Waals surface area contributed by atoms with Crippen LogP contribution in [0.15, 0.2) is 42.5 Å². The van der Waals surface area contributed by atoms with Crippen molar-refractivity contribution >= 4 is 10.8 Å². The summed E-state index contributed by atoms with van der Waals surface area (Å²) in [7, 11) is 0. The maximum absolute atomic E-state index is 6.45. The van der Waals surface area contributed by atoms with Crippen LogP contribution in [0.25, 0.3) is 10.8 Å². The first kappa shape index (κ1) is 14.0. The SMILES string of the molecule is CCCC(OCC)C(N)c1cccc2ccccc12. The first-order valence-electron chi connectivity index (χ1n) is 7.12. The van der Waals surface area contributed by atoms with E-state index in [0.29, 0.717) is 6.61 Å². The van der Waals surface area contributed by atoms with Gasteiger partial charge in [-0.25, -0.2) is 0 Å². The van der Waals surface area contributed by atoms with Gasteiger partial charge in [-0.3, -0.25) is 0 Å². The van der Waals surface area contributed by atoms with E-state index in [-0.39, 0.29) is 12.1 Å². The summed E-state index contributed by atoms with van der Waals surface area (Å²) in [6.07, 6.45) is 2.18. The van der Waals surface area contributed by atoms with Crippen LogP contribution in [0.5, 0.6) is 0 Å². The first-order valence-corrected chi connectivity index (χ1v) is 7.12. The summed E-state index contributed by atoms with van der Waals surface area (Å²) in [5.41, 5.74) is 7.64. The molecule has 2 heteroatoms. The Kier molecular flexibility index (Phi) is 4.94. The van der Waals surface area contributed by atoms with Crippen molar-refractivity contribution in [2.45, 2.75) is 38.8 Å². The molecule has 2 unspecified atom stereocenters. The van der Waals surface area contributed by atoms with Gasteiger partial charge in [0.1, 0.15) is 0 Å². The second-order valence-corrected chi connectivity index (χ2v) is 4.88. The molecular weight excluding hydrogens is 234 g/mol. The molecule has 19 heavy (non-hydrogen) atoms. The lowest BCUT2D eigenvalue weighted by Gasteiger charge is -2.25. The highest BCUT2D eigenvalue weighted by Crippen LogP contribution is 2.27. The van der Waals surface area contributed by atoms with E-state index in [1.807, 2.05) is 6.92 Å². The Labute approximate surface area is 115 Å². The van der Waals surface area contributed by atoms with Crippen LogP contribution in [-0.4, -0.2) is 12.7 Å². The van der Waals surface area contributed by atoms with E-state index in [0.717, 1.165) is 12.8 Å². The van der Waals surface area contributed by atoms with Crippen molar-refractivity contribution in [1.82, 2.24) is 0 Å². The van der Waals surface area contributed by atoms with Crippen molar-refractivity contribution in [3.05, 3.63) is 48.0 Å². The van der Waals surface area contributed by atoms with Gasteiger partial charge in [-0.2, -0.15) is 0 Å². The van der Waals surface area contributed by atoms with Gasteiger partial charge < -0.3 is 10.5 Å². The Morgan fingerprint density at radius 3 is 2.53 bits per heavy atom. The molecule has 0 aliphatic carbocycles. The second kappa shape index (κ2) is 6.69. The summed E-state index contributed by atoms with van der Waals surface area (Å²) in [4.78, 5) is 0. The summed E-state index contributed by atoms with van der Waals surface area (Å²) >= 11 is 0. The van der Waals surface area contributed by atoms with Crippen molar-refractivity contribution in [2.24, 2.45) is 5.73 Å². The van der Waals surface area contributed by atoms with Crippen molar-refractivity contribution in [3.8, 4) is 0 Å². The standard InChI is InChI=1S/C17H23NO/c1-3-8-16(19-4-2)17(18)15-12-7-10-13-9-5-6-11-14(13)15/h5-7,9-12,16-17H,3-4,8,18H2,1-2H3. The summed E-state index contributed by atoms with van der Waals surface area (Å²) in [5, 5.41) is 2.47. The molecule has 2 rings (SSSR count). The van der Waals surface area contributed by atoms with E-state index >= 15 is 0 Å². The lowest BCUT2D eigenvalue weighted by atomic mass is 9.94. The number of ether oxygens (including phenoxy) is 1. The summed E-state index contributed by atoms with van der Waals surface area (Å²) in [6.45, 7) is 4.91. The van der Waals surface area contributed by atoms with Crippen molar-refractivity contribution in [2.75, 3.05) is 6.61 Å². The molecule has 0 fully saturated rings. The Hall–Kier alpha value is -1.38. The predicted molar refractivity (Wildman–Crippen MR) is 81.2 cm³/mol. The molecule has 0 heterocycles. The van der Waals surface area contributed by atoms with E-state index < -0.39 is 0 Å². The molecule has 0 spiro atoms.